The van der Waals surface area contributed by atoms with Gasteiger partial charge in [-0.3, -0.25) is 14.4 Å². The van der Waals surface area contributed by atoms with Gasteiger partial charge in [-0.25, -0.2) is 37.9 Å². The Bertz CT molecular complexity index is 2990. The molecular formula is C52H54F2N2O15S2. The number of aldehydes is 1. The molecule has 0 aliphatic carbocycles. The van der Waals surface area contributed by atoms with Crippen LogP contribution in [0, 0.1) is 11.6 Å². The lowest BCUT2D eigenvalue weighted by Crippen LogP contribution is -2.16. The average molecular weight is 1050 g/mol. The zero-order chi connectivity index (χ0) is 51.9. The highest BCUT2D eigenvalue weighted by atomic mass is 32.1. The highest BCUT2D eigenvalue weighted by molar-refractivity contribution is 7.15. The molecule has 6 aromatic rings. The van der Waals surface area contributed by atoms with Crippen molar-refractivity contribution in [2.24, 2.45) is 0 Å². The van der Waals surface area contributed by atoms with Gasteiger partial charge in [0.2, 0.25) is 0 Å². The van der Waals surface area contributed by atoms with E-state index in [1.54, 1.807) is 19.1 Å². The van der Waals surface area contributed by atoms with E-state index in [2.05, 4.69) is 19.4 Å². The molecule has 0 bridgehead atoms. The van der Waals surface area contributed by atoms with Gasteiger partial charge < -0.3 is 38.0 Å². The van der Waals surface area contributed by atoms with Gasteiger partial charge in [0.15, 0.2) is 17.9 Å². The molecule has 0 aliphatic heterocycles. The second-order valence-electron chi connectivity index (χ2n) is 14.4. The van der Waals surface area contributed by atoms with Crippen LogP contribution in [0.1, 0.15) is 108 Å². The molecule has 0 saturated heterocycles. The van der Waals surface area contributed by atoms with Crippen LogP contribution in [0.2, 0.25) is 0 Å². The van der Waals surface area contributed by atoms with Gasteiger partial charge in [-0.1, -0.05) is 56.6 Å². The summed E-state index contributed by atoms with van der Waals surface area (Å²) in [5.74, 6) is -2.13. The summed E-state index contributed by atoms with van der Waals surface area (Å²) in [6.07, 6.45) is 14.2. The van der Waals surface area contributed by atoms with Crippen LogP contribution in [0.25, 0.3) is 6.08 Å². The molecule has 2 N–H and O–H groups in total. The number of methoxy groups -OCH3 is 2. The molecule has 0 unspecified atom stereocenters. The Kier molecular flexibility index (Phi) is 26.1. The molecule has 2 aromatic carbocycles. The molecule has 6 rings (SSSR count). The highest BCUT2D eigenvalue weighted by Crippen LogP contribution is 2.29. The van der Waals surface area contributed by atoms with Crippen LogP contribution in [-0.2, 0) is 31.9 Å². The summed E-state index contributed by atoms with van der Waals surface area (Å²) in [4.78, 5) is 89.6. The normalized spacial score (nSPS) is 10.7. The minimum Gasteiger partial charge on any atom is -0.507 e. The molecule has 0 radical (unpaired) electrons. The van der Waals surface area contributed by atoms with Crippen molar-refractivity contribution in [1.82, 2.24) is 9.97 Å². The number of carbonyl (C=O) groups is 5. The predicted octanol–water partition coefficient (Wildman–Crippen LogP) is 11.2. The second kappa shape index (κ2) is 31.2. The van der Waals surface area contributed by atoms with E-state index in [9.17, 15) is 52.6 Å². The summed E-state index contributed by atoms with van der Waals surface area (Å²) in [5.41, 5.74) is -2.33. The lowest BCUT2D eigenvalue weighted by molar-refractivity contribution is -0.135. The summed E-state index contributed by atoms with van der Waals surface area (Å²) in [6, 6.07) is 13.6. The molecule has 0 amide bonds. The van der Waals surface area contributed by atoms with Crippen molar-refractivity contribution >= 4 is 58.5 Å². The number of unbranched alkanes of at least 4 members (excludes halogenated alkanes) is 2. The molecule has 388 valence electrons. The maximum absolute atomic E-state index is 13.0. The number of ether oxygens (including phenoxy) is 4. The minimum atomic E-state index is -0.938. The molecule has 0 spiro atoms. The number of halogens is 2. The quantitative estimate of drug-likeness (QED) is 0.0237. The molecule has 17 nitrogen and oxygen atoms in total. The predicted molar refractivity (Wildman–Crippen MR) is 270 cm³/mol. The van der Waals surface area contributed by atoms with Gasteiger partial charge in [0.25, 0.3) is 10.4 Å². The number of esters is 2. The molecule has 0 fully saturated rings. The number of hydrogen-bond acceptors (Lipinski definition) is 19. The van der Waals surface area contributed by atoms with E-state index in [1.165, 1.54) is 112 Å². The first-order valence-corrected chi connectivity index (χ1v) is 22.9. The molecule has 0 aliphatic rings. The summed E-state index contributed by atoms with van der Waals surface area (Å²) in [5, 5.41) is 20.7. The fourth-order valence-corrected chi connectivity index (χ4v) is 7.05. The number of aromatic hydroxyl groups is 2. The Morgan fingerprint density at radius 3 is 1.51 bits per heavy atom. The maximum Gasteiger partial charge on any atom is 0.351 e. The van der Waals surface area contributed by atoms with E-state index in [0.29, 0.717) is 77.0 Å². The number of Topliss-reactive ketones (excluding diaryl/α,β-unsaturated/α-hetero) is 2. The average Bonchev–Trinajstić information content (AvgIpc) is 4.01. The number of nitrogens with zero attached hydrogens (tertiary/aromatic N) is 2. The number of rotatable bonds is 20. The fourth-order valence-electron chi connectivity index (χ4n) is 5.67. The molecule has 4 heterocycles. The van der Waals surface area contributed by atoms with Gasteiger partial charge in [-0.05, 0) is 92.8 Å². The van der Waals surface area contributed by atoms with Gasteiger partial charge in [-0.15, -0.1) is 0 Å². The van der Waals surface area contributed by atoms with Crippen molar-refractivity contribution in [3.8, 4) is 33.4 Å². The number of ketones is 2. The molecule has 73 heavy (non-hydrogen) atoms. The fraction of sp³-hybridized carbons (Fsp3) is 0.250. The zero-order valence-electron chi connectivity index (χ0n) is 38.5. The van der Waals surface area contributed by atoms with Crippen LogP contribution in [0.3, 0.4) is 0 Å². The SMILES string of the molecule is C.C.CCC(=O)c1c(O)cc(CCC/C=C/C(=O)OC)oc1=O.COC(=O)/C=C/CCCc1cc(O)c(C(=O)/C(C)=C/c2cnc(Oc3ccc(F)cc3)s2)c(=O)o1.O=Cc1cnc(Oc2ccc(F)cc2)s1. The van der Waals surface area contributed by atoms with Gasteiger partial charge >= 0.3 is 23.2 Å². The third-order valence-corrected chi connectivity index (χ3v) is 10.8. The number of allylic oxidation sites excluding steroid dienone is 3. The molecule has 0 saturated carbocycles. The van der Waals surface area contributed by atoms with Crippen molar-refractivity contribution in [1.29, 1.82) is 0 Å². The highest BCUT2D eigenvalue weighted by Gasteiger charge is 2.21. The Morgan fingerprint density at radius 1 is 0.685 bits per heavy atom. The topological polar surface area (TPSA) is 249 Å². The van der Waals surface area contributed by atoms with Crippen LogP contribution in [0.5, 0.6) is 33.4 Å². The third kappa shape index (κ3) is 20.2. The monoisotopic (exact) mass is 1050 g/mol. The van der Waals surface area contributed by atoms with E-state index in [1.807, 2.05) is 0 Å². The van der Waals surface area contributed by atoms with Crippen LogP contribution >= 0.6 is 22.7 Å². The van der Waals surface area contributed by atoms with E-state index in [4.69, 9.17) is 18.3 Å². The number of thiazole rings is 2. The standard InChI is InChI=1S/C25H22FNO7S.C15H18O6.C10H6FNO2S.2CH4/c1-15(12-19-14-27-25(35-19)34-17-10-8-16(26)9-11-17)23(30)22-20(28)13-18(33-24(22)31)6-4-3-5-7-21(29)32-2;1-3-11(16)14-12(17)9-10(21-15(14)19)7-5-4-6-8-13(18)20-2;11-7-1-3-8(4-2-7)14-10-12-5-9(6-13)15-10;;/h5,7-14,28H,3-4,6H2,1-2H3;6,8-9,17H,3-5,7H2,1-2H3;1-6H;2*1H4/b7-5+,15-12+;8-6+;;;. The summed E-state index contributed by atoms with van der Waals surface area (Å²) >= 11 is 2.28. The van der Waals surface area contributed by atoms with Crippen LogP contribution in [0.15, 0.2) is 121 Å². The molecule has 4 aromatic heterocycles. The van der Waals surface area contributed by atoms with Crippen LogP contribution < -0.4 is 20.7 Å². The summed E-state index contributed by atoms with van der Waals surface area (Å²) < 4.78 is 55.6. The first-order valence-electron chi connectivity index (χ1n) is 21.2. The number of hydrogen-bond donors (Lipinski definition) is 2. The molecule has 0 atom stereocenters. The van der Waals surface area contributed by atoms with Crippen molar-refractivity contribution in [2.75, 3.05) is 14.2 Å². The lowest BCUT2D eigenvalue weighted by Gasteiger charge is -2.05. The number of carbonyl (C=O) groups excluding carboxylic acids is 5. The number of aromatic nitrogens is 2. The smallest absolute Gasteiger partial charge is 0.351 e. The van der Waals surface area contributed by atoms with Crippen molar-refractivity contribution in [3.05, 3.63) is 168 Å². The van der Waals surface area contributed by atoms with E-state index in [0.717, 1.165) is 22.7 Å². The maximum atomic E-state index is 13.0. The van der Waals surface area contributed by atoms with E-state index >= 15 is 0 Å². The third-order valence-electron chi connectivity index (χ3n) is 9.16. The van der Waals surface area contributed by atoms with Crippen molar-refractivity contribution in [3.63, 3.8) is 0 Å². The lowest BCUT2D eigenvalue weighted by atomic mass is 10.0. The van der Waals surface area contributed by atoms with Crippen molar-refractivity contribution in [2.45, 2.75) is 73.6 Å². The summed E-state index contributed by atoms with van der Waals surface area (Å²) in [7, 11) is 2.58. The minimum absolute atomic E-state index is 0. The number of benzene rings is 2. The van der Waals surface area contributed by atoms with Gasteiger partial charge in [-0.2, -0.15) is 0 Å². The Labute approximate surface area is 426 Å². The first kappa shape index (κ1) is 61.0. The first-order chi connectivity index (χ1) is 34.0. The molecular weight excluding hydrogens is 995 g/mol. The molecule has 21 heteroatoms. The summed E-state index contributed by atoms with van der Waals surface area (Å²) in [6.45, 7) is 3.10. The number of aryl methyl sites for hydroxylation is 2. The van der Waals surface area contributed by atoms with Crippen molar-refractivity contribution < 1.29 is 70.7 Å². The van der Waals surface area contributed by atoms with E-state index in [-0.39, 0.29) is 60.7 Å². The Morgan fingerprint density at radius 2 is 1.11 bits per heavy atom. The largest absolute Gasteiger partial charge is 0.507 e. The van der Waals surface area contributed by atoms with Gasteiger partial charge in [0.05, 0.1) is 30.2 Å². The van der Waals surface area contributed by atoms with Crippen LogP contribution in [-0.4, -0.2) is 64.2 Å². The van der Waals surface area contributed by atoms with Gasteiger partial charge in [0, 0.05) is 49.7 Å². The van der Waals surface area contributed by atoms with E-state index < -0.39 is 46.1 Å². The Hall–Kier alpha value is -8.17. The second-order valence-corrected chi connectivity index (χ2v) is 16.4. The van der Waals surface area contributed by atoms with Crippen LogP contribution in [0.4, 0.5) is 8.78 Å². The zero-order valence-corrected chi connectivity index (χ0v) is 40.1. The van der Waals surface area contributed by atoms with Gasteiger partial charge in [0.1, 0.15) is 57.3 Å². The Balaban J connectivity index is 0.000000408.